The van der Waals surface area contributed by atoms with E-state index in [-0.39, 0.29) is 5.69 Å². The summed E-state index contributed by atoms with van der Waals surface area (Å²) in [6.07, 6.45) is 5.08. The summed E-state index contributed by atoms with van der Waals surface area (Å²) in [6.45, 7) is 2.90. The van der Waals surface area contributed by atoms with Crippen molar-refractivity contribution in [1.29, 1.82) is 5.26 Å². The fraction of sp³-hybridized carbons (Fsp3) is 0.176. The molecular weight excluding hydrogens is 292 g/mol. The summed E-state index contributed by atoms with van der Waals surface area (Å²) >= 11 is 0. The number of hydrogen-bond acceptors (Lipinski definition) is 5. The van der Waals surface area contributed by atoms with E-state index in [0.29, 0.717) is 11.3 Å². The quantitative estimate of drug-likeness (QED) is 0.913. The summed E-state index contributed by atoms with van der Waals surface area (Å²) in [7, 11) is 1.96. The molecule has 2 aromatic rings. The molecule has 0 bridgehead atoms. The Labute approximate surface area is 134 Å². The molecule has 0 spiro atoms. The predicted octanol–water partition coefficient (Wildman–Crippen LogP) is 2.67. The minimum Gasteiger partial charge on any atom is -0.477 e. The van der Waals surface area contributed by atoms with E-state index in [2.05, 4.69) is 9.97 Å². The maximum Gasteiger partial charge on any atom is 0.354 e. The number of anilines is 1. The topological polar surface area (TPSA) is 90.1 Å². The first kappa shape index (κ1) is 16.2. The molecule has 0 aromatic carbocycles. The average molecular weight is 308 g/mol. The highest BCUT2D eigenvalue weighted by molar-refractivity contribution is 5.86. The van der Waals surface area contributed by atoms with Gasteiger partial charge in [-0.2, -0.15) is 5.26 Å². The van der Waals surface area contributed by atoms with Crippen molar-refractivity contribution in [3.63, 3.8) is 0 Å². The normalized spacial score (nSPS) is 10.5. The molecule has 2 aromatic heterocycles. The lowest BCUT2D eigenvalue weighted by Gasteiger charge is -2.14. The number of nitriles is 1. The van der Waals surface area contributed by atoms with Gasteiger partial charge in [0.05, 0.1) is 11.3 Å². The second-order valence-corrected chi connectivity index (χ2v) is 4.84. The Morgan fingerprint density at radius 3 is 2.70 bits per heavy atom. The number of carbonyl (C=O) groups is 1. The molecule has 6 nitrogen and oxygen atoms in total. The van der Waals surface area contributed by atoms with E-state index in [9.17, 15) is 4.79 Å². The summed E-state index contributed by atoms with van der Waals surface area (Å²) in [5, 5.41) is 18.1. The molecule has 0 fully saturated rings. The molecule has 2 rings (SSSR count). The molecular formula is C17H16N4O2. The van der Waals surface area contributed by atoms with Crippen molar-refractivity contribution in [2.45, 2.75) is 6.92 Å². The number of aromatic carboxylic acids is 1. The highest BCUT2D eigenvalue weighted by Gasteiger charge is 2.08. The van der Waals surface area contributed by atoms with E-state index in [4.69, 9.17) is 10.4 Å². The van der Waals surface area contributed by atoms with Crippen LogP contribution in [-0.4, -0.2) is 34.6 Å². The lowest BCUT2D eigenvalue weighted by atomic mass is 10.1. The maximum atomic E-state index is 11.0. The van der Waals surface area contributed by atoms with Crippen molar-refractivity contribution < 1.29 is 9.90 Å². The summed E-state index contributed by atoms with van der Waals surface area (Å²) in [5.41, 5.74) is 1.38. The van der Waals surface area contributed by atoms with Gasteiger partial charge in [-0.25, -0.2) is 14.8 Å². The van der Waals surface area contributed by atoms with Crippen LogP contribution >= 0.6 is 0 Å². The van der Waals surface area contributed by atoms with Crippen LogP contribution < -0.4 is 4.90 Å². The number of pyridine rings is 2. The predicted molar refractivity (Wildman–Crippen MR) is 88.0 cm³/mol. The number of aromatic nitrogens is 2. The molecule has 23 heavy (non-hydrogen) atoms. The number of carboxylic acid groups (broad SMARTS) is 1. The Bertz CT molecular complexity index is 776. The van der Waals surface area contributed by atoms with Crippen LogP contribution in [0.1, 0.15) is 34.2 Å². The monoisotopic (exact) mass is 308 g/mol. The summed E-state index contributed by atoms with van der Waals surface area (Å²) in [4.78, 5) is 21.3. The Morgan fingerprint density at radius 1 is 1.35 bits per heavy atom. The standard InChI is InChI=1S/C17H16N4O2/c1-3-21(2)16-9-5-12(11-19-16)4-7-14-13(10-18)6-8-15(20-14)17(22)23/h4-9,11H,3H2,1-2H3,(H,22,23). The van der Waals surface area contributed by atoms with Gasteiger partial charge in [0, 0.05) is 19.8 Å². The molecule has 0 aliphatic carbocycles. The molecule has 2 heterocycles. The molecule has 0 aliphatic rings. The van der Waals surface area contributed by atoms with E-state index < -0.39 is 5.97 Å². The van der Waals surface area contributed by atoms with Gasteiger partial charge in [0.25, 0.3) is 0 Å². The molecule has 0 unspecified atom stereocenters. The maximum absolute atomic E-state index is 11.0. The molecule has 0 atom stereocenters. The molecule has 6 heteroatoms. The van der Waals surface area contributed by atoms with Crippen LogP contribution in [0.5, 0.6) is 0 Å². The van der Waals surface area contributed by atoms with Crippen molar-refractivity contribution >= 4 is 23.9 Å². The van der Waals surface area contributed by atoms with E-state index in [1.807, 2.05) is 37.1 Å². The van der Waals surface area contributed by atoms with Gasteiger partial charge >= 0.3 is 5.97 Å². The van der Waals surface area contributed by atoms with Gasteiger partial charge in [-0.05, 0) is 42.8 Å². The van der Waals surface area contributed by atoms with Crippen LogP contribution in [0.3, 0.4) is 0 Å². The third-order valence-electron chi connectivity index (χ3n) is 3.33. The first-order valence-electron chi connectivity index (χ1n) is 7.05. The van der Waals surface area contributed by atoms with Crippen LogP contribution in [0.2, 0.25) is 0 Å². The lowest BCUT2D eigenvalue weighted by molar-refractivity contribution is 0.0690. The van der Waals surface area contributed by atoms with Gasteiger partial charge in [-0.1, -0.05) is 6.08 Å². The Morgan fingerprint density at radius 2 is 2.13 bits per heavy atom. The van der Waals surface area contributed by atoms with E-state index in [1.54, 1.807) is 18.3 Å². The summed E-state index contributed by atoms with van der Waals surface area (Å²) in [5.74, 6) is -0.258. The molecule has 0 amide bonds. The van der Waals surface area contributed by atoms with Crippen molar-refractivity contribution in [2.75, 3.05) is 18.5 Å². The van der Waals surface area contributed by atoms with E-state index in [0.717, 1.165) is 17.9 Å². The van der Waals surface area contributed by atoms with Gasteiger partial charge in [0.1, 0.15) is 17.6 Å². The van der Waals surface area contributed by atoms with Gasteiger partial charge in [0.15, 0.2) is 0 Å². The van der Waals surface area contributed by atoms with Crippen LogP contribution in [0.25, 0.3) is 12.2 Å². The largest absolute Gasteiger partial charge is 0.477 e. The van der Waals surface area contributed by atoms with Gasteiger partial charge < -0.3 is 10.0 Å². The van der Waals surface area contributed by atoms with E-state index >= 15 is 0 Å². The molecule has 0 aliphatic heterocycles. The first-order chi connectivity index (χ1) is 11.0. The Hall–Kier alpha value is -3.20. The zero-order valence-electron chi connectivity index (χ0n) is 12.9. The van der Waals surface area contributed by atoms with Crippen LogP contribution in [0.4, 0.5) is 5.82 Å². The number of rotatable bonds is 5. The average Bonchev–Trinajstić information content (AvgIpc) is 2.59. The van der Waals surface area contributed by atoms with Crippen LogP contribution in [0.15, 0.2) is 30.5 Å². The number of nitrogens with zero attached hydrogens (tertiary/aromatic N) is 4. The second-order valence-electron chi connectivity index (χ2n) is 4.84. The van der Waals surface area contributed by atoms with Crippen LogP contribution in [0, 0.1) is 11.3 Å². The van der Waals surface area contributed by atoms with Crippen molar-refractivity contribution in [3.05, 3.63) is 53.0 Å². The Kier molecular flexibility index (Phi) is 5.05. The number of carboxylic acids is 1. The molecule has 0 radical (unpaired) electrons. The lowest BCUT2D eigenvalue weighted by Crippen LogP contribution is -2.16. The van der Waals surface area contributed by atoms with E-state index in [1.165, 1.54) is 12.1 Å². The highest BCUT2D eigenvalue weighted by Crippen LogP contribution is 2.14. The Balaban J connectivity index is 2.27. The minimum absolute atomic E-state index is 0.0957. The number of hydrogen-bond donors (Lipinski definition) is 1. The summed E-state index contributed by atoms with van der Waals surface area (Å²) < 4.78 is 0. The van der Waals surface area contributed by atoms with Gasteiger partial charge in [-0.3, -0.25) is 0 Å². The third-order valence-corrected chi connectivity index (χ3v) is 3.33. The van der Waals surface area contributed by atoms with Crippen LogP contribution in [-0.2, 0) is 0 Å². The highest BCUT2D eigenvalue weighted by atomic mass is 16.4. The zero-order chi connectivity index (χ0) is 16.8. The summed E-state index contributed by atoms with van der Waals surface area (Å²) in [6, 6.07) is 8.57. The fourth-order valence-corrected chi connectivity index (χ4v) is 1.87. The molecule has 1 N–H and O–H groups in total. The molecule has 0 saturated heterocycles. The van der Waals surface area contributed by atoms with Crippen molar-refractivity contribution in [2.24, 2.45) is 0 Å². The fourth-order valence-electron chi connectivity index (χ4n) is 1.87. The third kappa shape index (κ3) is 3.92. The second kappa shape index (κ2) is 7.18. The van der Waals surface area contributed by atoms with Crippen molar-refractivity contribution in [3.8, 4) is 6.07 Å². The molecule has 0 saturated carbocycles. The SMILES string of the molecule is CCN(C)c1ccc(C=Cc2nc(C(=O)O)ccc2C#N)cn1. The van der Waals surface area contributed by atoms with Gasteiger partial charge in [-0.15, -0.1) is 0 Å². The zero-order valence-corrected chi connectivity index (χ0v) is 12.9. The van der Waals surface area contributed by atoms with Gasteiger partial charge in [0.2, 0.25) is 0 Å². The smallest absolute Gasteiger partial charge is 0.354 e. The molecule has 116 valence electrons. The first-order valence-corrected chi connectivity index (χ1v) is 7.05. The van der Waals surface area contributed by atoms with Crippen molar-refractivity contribution in [1.82, 2.24) is 9.97 Å². The minimum atomic E-state index is -1.13.